The van der Waals surface area contributed by atoms with Gasteiger partial charge in [-0.25, -0.2) is 0 Å². The molecule has 0 spiro atoms. The molecule has 0 aliphatic carbocycles. The summed E-state index contributed by atoms with van der Waals surface area (Å²) in [4.78, 5) is 25.0. The summed E-state index contributed by atoms with van der Waals surface area (Å²) in [6.45, 7) is 5.68. The summed E-state index contributed by atoms with van der Waals surface area (Å²) in [5.74, 6) is -0.657. The molecule has 1 aromatic rings. The van der Waals surface area contributed by atoms with Crippen LogP contribution in [0.4, 0.5) is 0 Å². The van der Waals surface area contributed by atoms with Crippen molar-refractivity contribution in [1.82, 2.24) is 4.90 Å². The molecule has 0 saturated carbocycles. The maximum absolute atomic E-state index is 12.2. The summed E-state index contributed by atoms with van der Waals surface area (Å²) in [5, 5.41) is 9.65. The molecule has 1 N–H and O–H groups in total. The Bertz CT molecular complexity index is 485. The zero-order valence-corrected chi connectivity index (χ0v) is 11.5. The Morgan fingerprint density at radius 3 is 2.70 bits per heavy atom. The first kappa shape index (κ1) is 15.8. The minimum atomic E-state index is -0.458. The molecule has 1 amide bonds. The molecule has 0 aliphatic heterocycles. The second kappa shape index (κ2) is 7.99. The third-order valence-electron chi connectivity index (χ3n) is 2.66. The number of amides is 1. The van der Waals surface area contributed by atoms with Crippen LogP contribution in [0.5, 0.6) is 5.75 Å². The Kier molecular flexibility index (Phi) is 6.29. The van der Waals surface area contributed by atoms with E-state index in [1.54, 1.807) is 31.2 Å². The van der Waals surface area contributed by atoms with Crippen molar-refractivity contribution in [3.8, 4) is 5.75 Å². The topological polar surface area (TPSA) is 66.8 Å². The van der Waals surface area contributed by atoms with Crippen LogP contribution in [0.3, 0.4) is 0 Å². The maximum atomic E-state index is 12.2. The normalized spacial score (nSPS) is 9.85. The minimum absolute atomic E-state index is 0.0277. The standard InChI is InChI=1S/C15H19NO4/c1-3-9-16(11-15(19)20-4-2)14(18)10-12-7-5-6-8-13(12)17/h3,5-8,17H,1,4,9-11H2,2H3. The molecular formula is C15H19NO4. The van der Waals surface area contributed by atoms with Gasteiger partial charge in [-0.05, 0) is 13.0 Å². The van der Waals surface area contributed by atoms with Gasteiger partial charge in [-0.15, -0.1) is 6.58 Å². The number of ether oxygens (including phenoxy) is 1. The molecule has 0 fully saturated rings. The molecule has 20 heavy (non-hydrogen) atoms. The van der Waals surface area contributed by atoms with Crippen molar-refractivity contribution in [2.24, 2.45) is 0 Å². The van der Waals surface area contributed by atoms with E-state index in [2.05, 4.69) is 6.58 Å². The smallest absolute Gasteiger partial charge is 0.325 e. The first-order valence-corrected chi connectivity index (χ1v) is 6.39. The molecule has 0 aliphatic rings. The first-order valence-electron chi connectivity index (χ1n) is 6.39. The fraction of sp³-hybridized carbons (Fsp3) is 0.333. The van der Waals surface area contributed by atoms with E-state index < -0.39 is 5.97 Å². The summed E-state index contributed by atoms with van der Waals surface area (Å²) in [6.07, 6.45) is 1.57. The lowest BCUT2D eigenvalue weighted by Crippen LogP contribution is -2.37. The molecule has 0 unspecified atom stereocenters. The Morgan fingerprint density at radius 2 is 2.10 bits per heavy atom. The zero-order valence-electron chi connectivity index (χ0n) is 11.5. The third-order valence-corrected chi connectivity index (χ3v) is 2.66. The third kappa shape index (κ3) is 4.76. The molecule has 0 saturated heterocycles. The fourth-order valence-electron chi connectivity index (χ4n) is 1.71. The number of esters is 1. The number of carbonyl (C=O) groups excluding carboxylic acids is 2. The van der Waals surface area contributed by atoms with Crippen LogP contribution in [0.2, 0.25) is 0 Å². The van der Waals surface area contributed by atoms with E-state index in [-0.39, 0.29) is 37.8 Å². The van der Waals surface area contributed by atoms with Gasteiger partial charge < -0.3 is 14.7 Å². The van der Waals surface area contributed by atoms with Crippen molar-refractivity contribution in [3.63, 3.8) is 0 Å². The number of hydrogen-bond donors (Lipinski definition) is 1. The van der Waals surface area contributed by atoms with E-state index in [4.69, 9.17) is 4.74 Å². The van der Waals surface area contributed by atoms with Gasteiger partial charge >= 0.3 is 5.97 Å². The summed E-state index contributed by atoms with van der Waals surface area (Å²) in [7, 11) is 0. The molecule has 5 nitrogen and oxygen atoms in total. The molecule has 0 atom stereocenters. The van der Waals surface area contributed by atoms with Crippen LogP contribution < -0.4 is 0 Å². The predicted octanol–water partition coefficient (Wildman–Crippen LogP) is 1.51. The fourth-order valence-corrected chi connectivity index (χ4v) is 1.71. The number of hydrogen-bond acceptors (Lipinski definition) is 4. The summed E-state index contributed by atoms with van der Waals surface area (Å²) in [5.41, 5.74) is 0.524. The number of aromatic hydroxyl groups is 1. The quantitative estimate of drug-likeness (QED) is 0.606. The predicted molar refractivity (Wildman–Crippen MR) is 75.2 cm³/mol. The zero-order chi connectivity index (χ0) is 15.0. The minimum Gasteiger partial charge on any atom is -0.508 e. The lowest BCUT2D eigenvalue weighted by atomic mass is 10.1. The van der Waals surface area contributed by atoms with Gasteiger partial charge in [0.25, 0.3) is 0 Å². The largest absolute Gasteiger partial charge is 0.508 e. The van der Waals surface area contributed by atoms with E-state index in [0.29, 0.717) is 5.56 Å². The van der Waals surface area contributed by atoms with Crippen molar-refractivity contribution in [3.05, 3.63) is 42.5 Å². The van der Waals surface area contributed by atoms with E-state index in [9.17, 15) is 14.7 Å². The highest BCUT2D eigenvalue weighted by molar-refractivity contribution is 5.84. The van der Waals surface area contributed by atoms with Crippen LogP contribution in [-0.4, -0.2) is 41.6 Å². The molecule has 0 radical (unpaired) electrons. The number of phenolic OH excluding ortho intramolecular Hbond substituents is 1. The highest BCUT2D eigenvalue weighted by Gasteiger charge is 2.18. The monoisotopic (exact) mass is 277 g/mol. The summed E-state index contributed by atoms with van der Waals surface area (Å²) < 4.78 is 4.83. The van der Waals surface area contributed by atoms with Crippen molar-refractivity contribution < 1.29 is 19.4 Å². The van der Waals surface area contributed by atoms with Crippen LogP contribution in [-0.2, 0) is 20.7 Å². The van der Waals surface area contributed by atoms with Gasteiger partial charge in [0.05, 0.1) is 13.0 Å². The Hall–Kier alpha value is -2.30. The number of benzene rings is 1. The average Bonchev–Trinajstić information content (AvgIpc) is 2.41. The van der Waals surface area contributed by atoms with Crippen LogP contribution in [0.15, 0.2) is 36.9 Å². The van der Waals surface area contributed by atoms with E-state index >= 15 is 0 Å². The lowest BCUT2D eigenvalue weighted by Gasteiger charge is -2.20. The van der Waals surface area contributed by atoms with Crippen LogP contribution >= 0.6 is 0 Å². The number of nitrogens with zero attached hydrogens (tertiary/aromatic N) is 1. The van der Waals surface area contributed by atoms with Crippen LogP contribution in [0.1, 0.15) is 12.5 Å². The van der Waals surface area contributed by atoms with E-state index in [1.807, 2.05) is 0 Å². The van der Waals surface area contributed by atoms with Gasteiger partial charge in [0.2, 0.25) is 5.91 Å². The number of phenols is 1. The van der Waals surface area contributed by atoms with Crippen molar-refractivity contribution in [2.45, 2.75) is 13.3 Å². The number of rotatable bonds is 7. The Morgan fingerprint density at radius 1 is 1.40 bits per heavy atom. The highest BCUT2D eigenvalue weighted by Crippen LogP contribution is 2.16. The Balaban J connectivity index is 2.71. The second-order valence-corrected chi connectivity index (χ2v) is 4.17. The van der Waals surface area contributed by atoms with Crippen molar-refractivity contribution in [1.29, 1.82) is 0 Å². The maximum Gasteiger partial charge on any atom is 0.325 e. The highest BCUT2D eigenvalue weighted by atomic mass is 16.5. The van der Waals surface area contributed by atoms with Gasteiger partial charge in [-0.3, -0.25) is 9.59 Å². The van der Waals surface area contributed by atoms with Crippen molar-refractivity contribution in [2.75, 3.05) is 19.7 Å². The molecule has 1 aromatic carbocycles. The van der Waals surface area contributed by atoms with Gasteiger partial charge in [0, 0.05) is 12.1 Å². The lowest BCUT2D eigenvalue weighted by molar-refractivity contribution is -0.148. The second-order valence-electron chi connectivity index (χ2n) is 4.17. The SMILES string of the molecule is C=CCN(CC(=O)OCC)C(=O)Cc1ccccc1O. The van der Waals surface area contributed by atoms with Crippen molar-refractivity contribution >= 4 is 11.9 Å². The molecule has 0 bridgehead atoms. The average molecular weight is 277 g/mol. The first-order chi connectivity index (χ1) is 9.58. The van der Waals surface area contributed by atoms with E-state index in [0.717, 1.165) is 0 Å². The number of carbonyl (C=O) groups is 2. The number of para-hydroxylation sites is 1. The molecule has 0 heterocycles. The molecule has 5 heteroatoms. The summed E-state index contributed by atoms with van der Waals surface area (Å²) >= 11 is 0. The van der Waals surface area contributed by atoms with Crippen LogP contribution in [0, 0.1) is 0 Å². The Labute approximate surface area is 118 Å². The summed E-state index contributed by atoms with van der Waals surface area (Å²) in [6, 6.07) is 6.62. The molecule has 0 aromatic heterocycles. The van der Waals surface area contributed by atoms with Crippen LogP contribution in [0.25, 0.3) is 0 Å². The van der Waals surface area contributed by atoms with E-state index in [1.165, 1.54) is 11.0 Å². The molecule has 108 valence electrons. The van der Waals surface area contributed by atoms with Gasteiger partial charge in [0.15, 0.2) is 0 Å². The van der Waals surface area contributed by atoms with Gasteiger partial charge in [-0.2, -0.15) is 0 Å². The van der Waals surface area contributed by atoms with Gasteiger partial charge in [0.1, 0.15) is 12.3 Å². The molecule has 1 rings (SSSR count). The molecular weight excluding hydrogens is 258 g/mol. The van der Waals surface area contributed by atoms with Gasteiger partial charge in [-0.1, -0.05) is 24.3 Å².